The lowest BCUT2D eigenvalue weighted by molar-refractivity contribution is 0.0942. The summed E-state index contributed by atoms with van der Waals surface area (Å²) in [6.45, 7) is 2.62. The fourth-order valence-corrected chi connectivity index (χ4v) is 1.42. The second-order valence-electron chi connectivity index (χ2n) is 3.77. The van der Waals surface area contributed by atoms with Crippen LogP contribution in [0.15, 0.2) is 28.8 Å². The number of rotatable bonds is 5. The molecule has 0 saturated heterocycles. The van der Waals surface area contributed by atoms with E-state index in [1.807, 2.05) is 6.92 Å². The van der Waals surface area contributed by atoms with Crippen molar-refractivity contribution in [3.8, 4) is 5.75 Å². The Labute approximate surface area is 109 Å². The average Bonchev–Trinajstić information content (AvgIpc) is 2.87. The lowest BCUT2D eigenvalue weighted by Gasteiger charge is -2.02. The van der Waals surface area contributed by atoms with Crippen molar-refractivity contribution in [1.82, 2.24) is 15.5 Å². The number of amides is 1. The van der Waals surface area contributed by atoms with Crippen LogP contribution < -0.4 is 10.6 Å². The van der Waals surface area contributed by atoms with Crippen LogP contribution in [0.5, 0.6) is 5.75 Å². The Morgan fingerprint density at radius 1 is 1.37 bits per heavy atom. The molecule has 19 heavy (non-hydrogen) atoms. The highest BCUT2D eigenvalue weighted by Gasteiger charge is 2.13. The third-order valence-corrected chi connectivity index (χ3v) is 2.32. The summed E-state index contributed by atoms with van der Waals surface area (Å²) in [7, 11) is 0. The highest BCUT2D eigenvalue weighted by molar-refractivity contribution is 5.90. The second-order valence-corrected chi connectivity index (χ2v) is 3.77. The van der Waals surface area contributed by atoms with Crippen LogP contribution in [0.1, 0.15) is 23.4 Å². The zero-order chi connectivity index (χ0) is 13.7. The number of benzene rings is 1. The van der Waals surface area contributed by atoms with E-state index in [2.05, 4.69) is 20.8 Å². The minimum absolute atomic E-state index is 0.0179. The van der Waals surface area contributed by atoms with Crippen LogP contribution in [0.2, 0.25) is 0 Å². The summed E-state index contributed by atoms with van der Waals surface area (Å²) in [5, 5.41) is 18.3. The molecule has 2 rings (SSSR count). The molecule has 0 saturated carbocycles. The van der Waals surface area contributed by atoms with E-state index in [-0.39, 0.29) is 17.5 Å². The molecule has 7 nitrogen and oxygen atoms in total. The number of hydrogen-bond donors (Lipinski definition) is 3. The molecule has 0 bridgehead atoms. The monoisotopic (exact) mass is 262 g/mol. The molecule has 100 valence electrons. The van der Waals surface area contributed by atoms with Crippen molar-refractivity contribution < 1.29 is 14.4 Å². The quantitative estimate of drug-likeness (QED) is 0.698. The van der Waals surface area contributed by atoms with Crippen molar-refractivity contribution in [2.75, 3.05) is 11.9 Å². The van der Waals surface area contributed by atoms with Crippen LogP contribution in [-0.4, -0.2) is 27.7 Å². The number of phenols is 1. The van der Waals surface area contributed by atoms with Gasteiger partial charge in [0.1, 0.15) is 5.75 Å². The fourth-order valence-electron chi connectivity index (χ4n) is 1.42. The average molecular weight is 262 g/mol. The lowest BCUT2D eigenvalue weighted by Crippen LogP contribution is -2.23. The van der Waals surface area contributed by atoms with Crippen molar-refractivity contribution in [3.05, 3.63) is 36.0 Å². The zero-order valence-corrected chi connectivity index (χ0v) is 10.4. The smallest absolute Gasteiger partial charge is 0.292 e. The second kappa shape index (κ2) is 5.85. The van der Waals surface area contributed by atoms with Gasteiger partial charge in [-0.3, -0.25) is 4.79 Å². The summed E-state index contributed by atoms with van der Waals surface area (Å²) in [6.07, 6.45) is 0. The maximum atomic E-state index is 11.4. The maximum absolute atomic E-state index is 11.4. The third kappa shape index (κ3) is 3.44. The number of anilines is 1. The van der Waals surface area contributed by atoms with E-state index in [0.717, 1.165) is 5.69 Å². The van der Waals surface area contributed by atoms with Gasteiger partial charge in [0.25, 0.3) is 11.7 Å². The van der Waals surface area contributed by atoms with Crippen LogP contribution in [-0.2, 0) is 6.54 Å². The molecule has 3 N–H and O–H groups in total. The van der Waals surface area contributed by atoms with Crippen LogP contribution >= 0.6 is 0 Å². The molecule has 7 heteroatoms. The van der Waals surface area contributed by atoms with E-state index in [1.165, 1.54) is 0 Å². The van der Waals surface area contributed by atoms with Gasteiger partial charge in [0, 0.05) is 12.2 Å². The Morgan fingerprint density at radius 2 is 2.11 bits per heavy atom. The van der Waals surface area contributed by atoms with Gasteiger partial charge >= 0.3 is 0 Å². The zero-order valence-electron chi connectivity index (χ0n) is 10.4. The topological polar surface area (TPSA) is 100 Å². The van der Waals surface area contributed by atoms with Crippen molar-refractivity contribution in [1.29, 1.82) is 0 Å². The van der Waals surface area contributed by atoms with E-state index >= 15 is 0 Å². The predicted molar refractivity (Wildman–Crippen MR) is 67.7 cm³/mol. The third-order valence-electron chi connectivity index (χ3n) is 2.32. The summed E-state index contributed by atoms with van der Waals surface area (Å²) in [6, 6.07) is 6.57. The Balaban J connectivity index is 1.93. The van der Waals surface area contributed by atoms with Crippen LogP contribution in [0, 0.1) is 0 Å². The van der Waals surface area contributed by atoms with Crippen molar-refractivity contribution >= 4 is 11.6 Å². The molecule has 0 aliphatic heterocycles. The summed E-state index contributed by atoms with van der Waals surface area (Å²) in [4.78, 5) is 15.4. The Morgan fingerprint density at radius 3 is 2.79 bits per heavy atom. The van der Waals surface area contributed by atoms with Gasteiger partial charge in [0.2, 0.25) is 5.89 Å². The number of carbonyl (C=O) groups excluding carboxylic acids is 1. The summed E-state index contributed by atoms with van der Waals surface area (Å²) in [5.41, 5.74) is 0.801. The van der Waals surface area contributed by atoms with Gasteiger partial charge in [0.15, 0.2) is 0 Å². The summed E-state index contributed by atoms with van der Waals surface area (Å²) >= 11 is 0. The van der Waals surface area contributed by atoms with Crippen LogP contribution in [0.3, 0.4) is 0 Å². The van der Waals surface area contributed by atoms with E-state index in [0.29, 0.717) is 19.0 Å². The molecule has 1 aromatic heterocycles. The number of aromatic nitrogens is 2. The normalized spacial score (nSPS) is 10.2. The highest BCUT2D eigenvalue weighted by atomic mass is 16.5. The molecule has 0 unspecified atom stereocenters. The minimum Gasteiger partial charge on any atom is -0.508 e. The fraction of sp³-hybridized carbons (Fsp3) is 0.250. The first-order valence-corrected chi connectivity index (χ1v) is 5.82. The Kier molecular flexibility index (Phi) is 3.97. The summed E-state index contributed by atoms with van der Waals surface area (Å²) < 4.78 is 4.94. The number of nitrogens with one attached hydrogen (secondary N) is 2. The van der Waals surface area contributed by atoms with E-state index < -0.39 is 0 Å². The number of carbonyl (C=O) groups is 1. The number of phenolic OH excluding ortho intramolecular Hbond substituents is 1. The first-order valence-electron chi connectivity index (χ1n) is 5.82. The minimum atomic E-state index is -0.359. The molecule has 0 aliphatic rings. The van der Waals surface area contributed by atoms with Gasteiger partial charge in [-0.25, -0.2) is 0 Å². The van der Waals surface area contributed by atoms with Crippen molar-refractivity contribution in [3.63, 3.8) is 0 Å². The predicted octanol–water partition coefficient (Wildman–Crippen LogP) is 1.14. The first kappa shape index (κ1) is 12.9. The molecular weight excluding hydrogens is 248 g/mol. The van der Waals surface area contributed by atoms with Gasteiger partial charge in [-0.05, 0) is 31.2 Å². The molecular formula is C12H14N4O3. The van der Waals surface area contributed by atoms with Crippen LogP contribution in [0.25, 0.3) is 0 Å². The molecule has 0 atom stereocenters. The maximum Gasteiger partial charge on any atom is 0.292 e. The molecule has 1 aromatic carbocycles. The highest BCUT2D eigenvalue weighted by Crippen LogP contribution is 2.14. The molecule has 1 heterocycles. The molecule has 0 aliphatic carbocycles. The van der Waals surface area contributed by atoms with Gasteiger partial charge in [-0.1, -0.05) is 5.16 Å². The SMILES string of the molecule is CCNC(=O)c1noc(CNc2ccc(O)cc2)n1. The molecule has 2 aromatic rings. The van der Waals surface area contributed by atoms with Gasteiger partial charge in [-0.15, -0.1) is 0 Å². The van der Waals surface area contributed by atoms with Gasteiger partial charge < -0.3 is 20.3 Å². The molecule has 0 radical (unpaired) electrons. The van der Waals surface area contributed by atoms with E-state index in [4.69, 9.17) is 9.63 Å². The van der Waals surface area contributed by atoms with E-state index in [1.54, 1.807) is 24.3 Å². The van der Waals surface area contributed by atoms with Gasteiger partial charge in [0.05, 0.1) is 6.54 Å². The van der Waals surface area contributed by atoms with Crippen molar-refractivity contribution in [2.24, 2.45) is 0 Å². The largest absolute Gasteiger partial charge is 0.508 e. The first-order chi connectivity index (χ1) is 9.19. The number of nitrogens with zero attached hydrogens (tertiary/aromatic N) is 2. The van der Waals surface area contributed by atoms with Crippen LogP contribution in [0.4, 0.5) is 5.69 Å². The Hall–Kier alpha value is -2.57. The number of aromatic hydroxyl groups is 1. The molecule has 1 amide bonds. The van der Waals surface area contributed by atoms with E-state index in [9.17, 15) is 4.79 Å². The van der Waals surface area contributed by atoms with Crippen molar-refractivity contribution in [2.45, 2.75) is 13.5 Å². The standard InChI is InChI=1S/C12H14N4O3/c1-2-13-12(18)11-15-10(19-16-11)7-14-8-3-5-9(17)6-4-8/h3-6,14,17H,2,7H2,1H3,(H,13,18). The molecule has 0 spiro atoms. The Bertz CT molecular complexity index is 550. The number of hydrogen-bond acceptors (Lipinski definition) is 6. The molecule has 0 fully saturated rings. The summed E-state index contributed by atoms with van der Waals surface area (Å²) in [5.74, 6) is 0.169. The van der Waals surface area contributed by atoms with Gasteiger partial charge in [-0.2, -0.15) is 4.98 Å². The lowest BCUT2D eigenvalue weighted by atomic mass is 10.3.